The first-order valence-electron chi connectivity index (χ1n) is 6.26. The number of rotatable bonds is 7. The van der Waals surface area contributed by atoms with Crippen LogP contribution in [0.25, 0.3) is 0 Å². The molecular formula is C14H21ClN2O2. The zero-order chi connectivity index (χ0) is 14.3. The quantitative estimate of drug-likeness (QED) is 0.615. The van der Waals surface area contributed by atoms with Gasteiger partial charge in [0, 0.05) is 5.02 Å². The van der Waals surface area contributed by atoms with Gasteiger partial charge in [0.2, 0.25) is 0 Å². The van der Waals surface area contributed by atoms with E-state index in [4.69, 9.17) is 16.3 Å². The molecule has 0 aliphatic carbocycles. The summed E-state index contributed by atoms with van der Waals surface area (Å²) < 4.78 is 4.83. The lowest BCUT2D eigenvalue weighted by molar-refractivity contribution is -0.143. The standard InChI is InChI=1S/C14H21ClN2O2/c1-17(2)10-4-9-16-13(14(18)19-3)11-5-7-12(15)8-6-11/h5-8,13,16H,4,9-10H2,1-3H3. The molecule has 19 heavy (non-hydrogen) atoms. The molecule has 0 bridgehead atoms. The van der Waals surface area contributed by atoms with Gasteiger partial charge in [-0.25, -0.2) is 4.79 Å². The molecule has 1 rings (SSSR count). The van der Waals surface area contributed by atoms with E-state index in [1.165, 1.54) is 7.11 Å². The number of hydrogen-bond donors (Lipinski definition) is 1. The molecule has 106 valence electrons. The largest absolute Gasteiger partial charge is 0.468 e. The van der Waals surface area contributed by atoms with Gasteiger partial charge in [-0.15, -0.1) is 0 Å². The van der Waals surface area contributed by atoms with E-state index in [9.17, 15) is 4.79 Å². The number of carbonyl (C=O) groups is 1. The van der Waals surface area contributed by atoms with E-state index < -0.39 is 6.04 Å². The number of carbonyl (C=O) groups excluding carboxylic acids is 1. The predicted molar refractivity (Wildman–Crippen MR) is 77.4 cm³/mol. The highest BCUT2D eigenvalue weighted by molar-refractivity contribution is 6.30. The van der Waals surface area contributed by atoms with E-state index >= 15 is 0 Å². The average Bonchev–Trinajstić information content (AvgIpc) is 2.39. The van der Waals surface area contributed by atoms with Crippen molar-refractivity contribution in [3.05, 3.63) is 34.9 Å². The maximum absolute atomic E-state index is 11.8. The Hall–Kier alpha value is -1.10. The van der Waals surface area contributed by atoms with Crippen molar-refractivity contribution in [3.63, 3.8) is 0 Å². The summed E-state index contributed by atoms with van der Waals surface area (Å²) >= 11 is 5.85. The summed E-state index contributed by atoms with van der Waals surface area (Å²) in [5, 5.41) is 3.87. The van der Waals surface area contributed by atoms with Gasteiger partial charge in [0.25, 0.3) is 0 Å². The molecule has 1 N–H and O–H groups in total. The third-order valence-corrected chi connectivity index (χ3v) is 3.02. The van der Waals surface area contributed by atoms with Gasteiger partial charge < -0.3 is 15.0 Å². The lowest BCUT2D eigenvalue weighted by atomic mass is 10.1. The van der Waals surface area contributed by atoms with Gasteiger partial charge in [0.1, 0.15) is 6.04 Å². The van der Waals surface area contributed by atoms with Gasteiger partial charge in [0.15, 0.2) is 0 Å². The summed E-state index contributed by atoms with van der Waals surface area (Å²) in [4.78, 5) is 13.9. The van der Waals surface area contributed by atoms with E-state index in [0.717, 1.165) is 25.1 Å². The lowest BCUT2D eigenvalue weighted by Gasteiger charge is -2.17. The Bertz CT molecular complexity index is 393. The van der Waals surface area contributed by atoms with Crippen molar-refractivity contribution in [3.8, 4) is 0 Å². The molecule has 0 amide bonds. The fraction of sp³-hybridized carbons (Fsp3) is 0.500. The Labute approximate surface area is 119 Å². The van der Waals surface area contributed by atoms with Crippen LogP contribution in [0.15, 0.2) is 24.3 Å². The smallest absolute Gasteiger partial charge is 0.327 e. The normalized spacial score (nSPS) is 12.5. The molecule has 0 radical (unpaired) electrons. The molecule has 0 aromatic heterocycles. The summed E-state index contributed by atoms with van der Waals surface area (Å²) in [5.41, 5.74) is 0.862. The van der Waals surface area contributed by atoms with Gasteiger partial charge in [-0.1, -0.05) is 23.7 Å². The predicted octanol–water partition coefficient (Wildman–Crippen LogP) is 2.10. The number of ether oxygens (including phenoxy) is 1. The van der Waals surface area contributed by atoms with Crippen molar-refractivity contribution in [1.82, 2.24) is 10.2 Å². The number of esters is 1. The SMILES string of the molecule is COC(=O)C(NCCCN(C)C)c1ccc(Cl)cc1. The average molecular weight is 285 g/mol. The zero-order valence-corrected chi connectivity index (χ0v) is 12.4. The van der Waals surface area contributed by atoms with E-state index in [1.807, 2.05) is 26.2 Å². The number of benzene rings is 1. The monoisotopic (exact) mass is 284 g/mol. The van der Waals surface area contributed by atoms with E-state index in [1.54, 1.807) is 12.1 Å². The minimum Gasteiger partial charge on any atom is -0.468 e. The first-order chi connectivity index (χ1) is 9.04. The topological polar surface area (TPSA) is 41.6 Å². The fourth-order valence-electron chi connectivity index (χ4n) is 1.75. The summed E-state index contributed by atoms with van der Waals surface area (Å²) in [7, 11) is 5.45. The van der Waals surface area contributed by atoms with Crippen LogP contribution in [0.5, 0.6) is 0 Å². The highest BCUT2D eigenvalue weighted by Crippen LogP contribution is 2.17. The molecule has 1 unspecified atom stereocenters. The number of nitrogens with zero attached hydrogens (tertiary/aromatic N) is 1. The minimum atomic E-state index is -0.440. The maximum atomic E-state index is 11.8. The minimum absolute atomic E-state index is 0.285. The van der Waals surface area contributed by atoms with Crippen LogP contribution in [0.4, 0.5) is 0 Å². The second-order valence-electron chi connectivity index (χ2n) is 4.62. The first kappa shape index (κ1) is 16.0. The Morgan fingerprint density at radius 2 is 2.00 bits per heavy atom. The lowest BCUT2D eigenvalue weighted by Crippen LogP contribution is -2.31. The Morgan fingerprint density at radius 1 is 1.37 bits per heavy atom. The van der Waals surface area contributed by atoms with E-state index in [2.05, 4.69) is 10.2 Å². The highest BCUT2D eigenvalue weighted by Gasteiger charge is 2.20. The number of methoxy groups -OCH3 is 1. The molecule has 0 heterocycles. The Morgan fingerprint density at radius 3 is 2.53 bits per heavy atom. The molecule has 0 saturated carbocycles. The van der Waals surface area contributed by atoms with Crippen molar-refractivity contribution in [2.75, 3.05) is 34.3 Å². The number of nitrogens with one attached hydrogen (secondary N) is 1. The molecule has 0 aliphatic rings. The fourth-order valence-corrected chi connectivity index (χ4v) is 1.88. The molecule has 0 fully saturated rings. The van der Waals surface area contributed by atoms with Gasteiger partial charge in [0.05, 0.1) is 7.11 Å². The molecule has 0 aliphatic heterocycles. The van der Waals surface area contributed by atoms with Gasteiger partial charge in [-0.2, -0.15) is 0 Å². The zero-order valence-electron chi connectivity index (χ0n) is 11.6. The van der Waals surface area contributed by atoms with Gasteiger partial charge in [-0.3, -0.25) is 0 Å². The third kappa shape index (κ3) is 5.59. The Balaban J connectivity index is 2.62. The Kier molecular flexibility index (Phi) is 6.84. The van der Waals surface area contributed by atoms with Crippen molar-refractivity contribution >= 4 is 17.6 Å². The van der Waals surface area contributed by atoms with Crippen molar-refractivity contribution in [1.29, 1.82) is 0 Å². The van der Waals surface area contributed by atoms with Crippen LogP contribution >= 0.6 is 11.6 Å². The molecule has 1 atom stereocenters. The summed E-state index contributed by atoms with van der Waals surface area (Å²) in [6.45, 7) is 1.72. The van der Waals surface area contributed by atoms with Crippen LogP contribution < -0.4 is 5.32 Å². The summed E-state index contributed by atoms with van der Waals surface area (Å²) in [5.74, 6) is -0.285. The van der Waals surface area contributed by atoms with Crippen LogP contribution in [0.1, 0.15) is 18.0 Å². The van der Waals surface area contributed by atoms with Crippen molar-refractivity contribution < 1.29 is 9.53 Å². The highest BCUT2D eigenvalue weighted by atomic mass is 35.5. The molecule has 1 aromatic carbocycles. The molecule has 1 aromatic rings. The molecule has 4 nitrogen and oxygen atoms in total. The van der Waals surface area contributed by atoms with Crippen LogP contribution in [0.2, 0.25) is 5.02 Å². The van der Waals surface area contributed by atoms with E-state index in [0.29, 0.717) is 5.02 Å². The molecule has 5 heteroatoms. The molecule has 0 saturated heterocycles. The van der Waals surface area contributed by atoms with E-state index in [-0.39, 0.29) is 5.97 Å². The molecule has 0 spiro atoms. The third-order valence-electron chi connectivity index (χ3n) is 2.77. The summed E-state index contributed by atoms with van der Waals surface area (Å²) in [6, 6.07) is 6.78. The van der Waals surface area contributed by atoms with Crippen LogP contribution in [-0.2, 0) is 9.53 Å². The van der Waals surface area contributed by atoms with Crippen molar-refractivity contribution in [2.45, 2.75) is 12.5 Å². The van der Waals surface area contributed by atoms with Crippen molar-refractivity contribution in [2.24, 2.45) is 0 Å². The van der Waals surface area contributed by atoms with Crippen LogP contribution in [0.3, 0.4) is 0 Å². The van der Waals surface area contributed by atoms with Crippen LogP contribution in [0, 0.1) is 0 Å². The number of hydrogen-bond acceptors (Lipinski definition) is 4. The van der Waals surface area contributed by atoms with Crippen LogP contribution in [-0.4, -0.2) is 45.2 Å². The first-order valence-corrected chi connectivity index (χ1v) is 6.64. The maximum Gasteiger partial charge on any atom is 0.327 e. The molecular weight excluding hydrogens is 264 g/mol. The second-order valence-corrected chi connectivity index (χ2v) is 5.06. The number of halogens is 1. The summed E-state index contributed by atoms with van der Waals surface area (Å²) in [6.07, 6.45) is 0.966. The van der Waals surface area contributed by atoms with Gasteiger partial charge >= 0.3 is 5.97 Å². The second kappa shape index (κ2) is 8.15. The van der Waals surface area contributed by atoms with Gasteiger partial charge in [-0.05, 0) is 51.3 Å².